The molecular weight excluding hydrogens is 370 g/mol. The molecule has 0 unspecified atom stereocenters. The van der Waals surface area contributed by atoms with E-state index in [2.05, 4.69) is 15.3 Å². The van der Waals surface area contributed by atoms with Crippen LogP contribution in [0.3, 0.4) is 0 Å². The molecule has 26 heavy (non-hydrogen) atoms. The molecule has 0 radical (unpaired) electrons. The number of hydrogen-bond acceptors (Lipinski definition) is 5. The summed E-state index contributed by atoms with van der Waals surface area (Å²) in [6, 6.07) is 10.8. The maximum Gasteiger partial charge on any atom is 0.249 e. The van der Waals surface area contributed by atoms with Gasteiger partial charge in [-0.05, 0) is 31.2 Å². The molecule has 0 saturated carbocycles. The molecule has 132 valence electrons. The number of para-hydroxylation sites is 1. The summed E-state index contributed by atoms with van der Waals surface area (Å²) < 4.78 is 5.83. The molecular formula is C19H16ClN3O2S. The van der Waals surface area contributed by atoms with Gasteiger partial charge in [-0.15, -0.1) is 11.3 Å². The number of anilines is 1. The molecule has 1 aromatic carbocycles. The Morgan fingerprint density at radius 2 is 2.15 bits per heavy atom. The molecule has 3 rings (SSSR count). The number of ether oxygens (including phenoxy) is 1. The molecule has 0 aliphatic heterocycles. The number of carbonyl (C=O) groups is 1. The maximum absolute atomic E-state index is 12.0. The minimum absolute atomic E-state index is 0.287. The second-order valence-corrected chi connectivity index (χ2v) is 6.87. The predicted octanol–water partition coefficient (Wildman–Crippen LogP) is 4.73. The summed E-state index contributed by atoms with van der Waals surface area (Å²) in [5.74, 6) is 0.837. The van der Waals surface area contributed by atoms with Crippen LogP contribution in [0, 0.1) is 6.92 Å². The third-order valence-corrected chi connectivity index (χ3v) is 4.40. The average molecular weight is 386 g/mol. The number of nitrogens with zero attached hydrogens (tertiary/aromatic N) is 2. The highest BCUT2D eigenvalue weighted by molar-refractivity contribution is 7.09. The summed E-state index contributed by atoms with van der Waals surface area (Å²) >= 11 is 7.36. The van der Waals surface area contributed by atoms with Gasteiger partial charge in [0, 0.05) is 23.2 Å². The summed E-state index contributed by atoms with van der Waals surface area (Å²) in [6.07, 6.45) is 4.61. The number of amides is 1. The van der Waals surface area contributed by atoms with Crippen LogP contribution < -0.4 is 10.1 Å². The van der Waals surface area contributed by atoms with E-state index in [4.69, 9.17) is 16.3 Å². The third kappa shape index (κ3) is 5.15. The minimum atomic E-state index is -0.287. The molecule has 0 spiro atoms. The molecule has 0 saturated heterocycles. The van der Waals surface area contributed by atoms with Crippen LogP contribution in [0.5, 0.6) is 5.75 Å². The van der Waals surface area contributed by atoms with Crippen molar-refractivity contribution in [3.05, 3.63) is 75.3 Å². The van der Waals surface area contributed by atoms with Gasteiger partial charge < -0.3 is 10.1 Å². The molecule has 2 aromatic heterocycles. The number of pyridine rings is 1. The van der Waals surface area contributed by atoms with Crippen LogP contribution in [0.25, 0.3) is 6.08 Å². The van der Waals surface area contributed by atoms with Crippen LogP contribution in [-0.4, -0.2) is 15.9 Å². The van der Waals surface area contributed by atoms with E-state index in [0.717, 1.165) is 16.3 Å². The predicted molar refractivity (Wildman–Crippen MR) is 105 cm³/mol. The van der Waals surface area contributed by atoms with Crippen molar-refractivity contribution < 1.29 is 9.53 Å². The number of aromatic nitrogens is 2. The van der Waals surface area contributed by atoms with Gasteiger partial charge in [0.15, 0.2) is 0 Å². The fraction of sp³-hybridized carbons (Fsp3) is 0.105. The lowest BCUT2D eigenvalue weighted by Crippen LogP contribution is -2.08. The first-order valence-corrected chi connectivity index (χ1v) is 9.09. The zero-order valence-corrected chi connectivity index (χ0v) is 15.6. The highest BCUT2D eigenvalue weighted by Crippen LogP contribution is 2.21. The molecule has 0 fully saturated rings. The molecule has 0 bridgehead atoms. The van der Waals surface area contributed by atoms with Crippen molar-refractivity contribution in [3.8, 4) is 5.75 Å². The monoisotopic (exact) mass is 385 g/mol. The van der Waals surface area contributed by atoms with Gasteiger partial charge in [0.05, 0.1) is 15.7 Å². The summed E-state index contributed by atoms with van der Waals surface area (Å²) in [5.41, 5.74) is 1.69. The smallest absolute Gasteiger partial charge is 0.249 e. The maximum atomic E-state index is 12.0. The van der Waals surface area contributed by atoms with Gasteiger partial charge in [0.25, 0.3) is 0 Å². The Bertz CT molecular complexity index is 923. The first-order chi connectivity index (χ1) is 12.6. The first kappa shape index (κ1) is 18.1. The summed E-state index contributed by atoms with van der Waals surface area (Å²) in [7, 11) is 0. The van der Waals surface area contributed by atoms with Crippen LogP contribution in [0.2, 0.25) is 5.02 Å². The van der Waals surface area contributed by atoms with Gasteiger partial charge in [0.1, 0.15) is 18.2 Å². The zero-order valence-electron chi connectivity index (χ0n) is 14.0. The van der Waals surface area contributed by atoms with Gasteiger partial charge in [-0.1, -0.05) is 29.8 Å². The summed E-state index contributed by atoms with van der Waals surface area (Å²) in [5, 5.41) is 6.16. The van der Waals surface area contributed by atoms with E-state index in [0.29, 0.717) is 23.2 Å². The fourth-order valence-electron chi connectivity index (χ4n) is 2.16. The second-order valence-electron chi connectivity index (χ2n) is 5.37. The van der Waals surface area contributed by atoms with Crippen LogP contribution in [0.4, 0.5) is 5.82 Å². The highest BCUT2D eigenvalue weighted by Gasteiger charge is 2.04. The molecule has 7 heteroatoms. The van der Waals surface area contributed by atoms with Crippen molar-refractivity contribution in [1.29, 1.82) is 0 Å². The van der Waals surface area contributed by atoms with E-state index < -0.39 is 0 Å². The Morgan fingerprint density at radius 3 is 2.88 bits per heavy atom. The Labute approximate surface area is 160 Å². The standard InChI is InChI=1S/C19H16ClN3O2S/c1-13-22-16(12-26-13)11-25-17-5-3-2-4-14(17)6-9-19(24)23-18-8-7-15(20)10-21-18/h2-10,12H,11H2,1H3,(H,21,23,24)/b9-6+. The topological polar surface area (TPSA) is 64.1 Å². The molecule has 3 aromatic rings. The molecule has 0 aliphatic rings. The van der Waals surface area contributed by atoms with E-state index in [-0.39, 0.29) is 5.91 Å². The summed E-state index contributed by atoms with van der Waals surface area (Å²) in [6.45, 7) is 2.34. The van der Waals surface area contributed by atoms with Crippen molar-refractivity contribution in [2.24, 2.45) is 0 Å². The van der Waals surface area contributed by atoms with Crippen LogP contribution in [0.1, 0.15) is 16.3 Å². The second kappa shape index (κ2) is 8.60. The molecule has 5 nitrogen and oxygen atoms in total. The molecule has 0 atom stereocenters. The fourth-order valence-corrected chi connectivity index (χ4v) is 2.87. The van der Waals surface area contributed by atoms with Crippen molar-refractivity contribution >= 4 is 40.7 Å². The van der Waals surface area contributed by atoms with Crippen molar-refractivity contribution in [1.82, 2.24) is 9.97 Å². The van der Waals surface area contributed by atoms with Crippen molar-refractivity contribution in [2.45, 2.75) is 13.5 Å². The van der Waals surface area contributed by atoms with E-state index >= 15 is 0 Å². The molecule has 1 amide bonds. The van der Waals surface area contributed by atoms with Gasteiger partial charge in [-0.25, -0.2) is 9.97 Å². The van der Waals surface area contributed by atoms with Crippen LogP contribution in [0.15, 0.2) is 54.1 Å². The van der Waals surface area contributed by atoms with Gasteiger partial charge in [0.2, 0.25) is 5.91 Å². The van der Waals surface area contributed by atoms with Crippen molar-refractivity contribution in [2.75, 3.05) is 5.32 Å². The van der Waals surface area contributed by atoms with Gasteiger partial charge in [-0.3, -0.25) is 4.79 Å². The number of benzene rings is 1. The Hall–Kier alpha value is -2.70. The minimum Gasteiger partial charge on any atom is -0.487 e. The largest absolute Gasteiger partial charge is 0.487 e. The van der Waals surface area contributed by atoms with Crippen molar-refractivity contribution in [3.63, 3.8) is 0 Å². The first-order valence-electron chi connectivity index (χ1n) is 7.83. The number of rotatable bonds is 6. The van der Waals surface area contributed by atoms with Gasteiger partial charge in [-0.2, -0.15) is 0 Å². The third-order valence-electron chi connectivity index (χ3n) is 3.35. The molecule has 1 N–H and O–H groups in total. The molecule has 0 aliphatic carbocycles. The van der Waals surface area contributed by atoms with Gasteiger partial charge >= 0.3 is 0 Å². The van der Waals surface area contributed by atoms with E-state index in [1.807, 2.05) is 36.6 Å². The SMILES string of the molecule is Cc1nc(COc2ccccc2/C=C/C(=O)Nc2ccc(Cl)cn2)cs1. The highest BCUT2D eigenvalue weighted by atomic mass is 35.5. The lowest BCUT2D eigenvalue weighted by atomic mass is 10.2. The lowest BCUT2D eigenvalue weighted by Gasteiger charge is -2.07. The number of aryl methyl sites for hydroxylation is 1. The summed E-state index contributed by atoms with van der Waals surface area (Å²) in [4.78, 5) is 20.4. The number of hydrogen-bond donors (Lipinski definition) is 1. The van der Waals surface area contributed by atoms with E-state index in [1.165, 1.54) is 12.3 Å². The normalized spacial score (nSPS) is 10.8. The Morgan fingerprint density at radius 1 is 1.31 bits per heavy atom. The number of halogens is 1. The molecule has 2 heterocycles. The zero-order chi connectivity index (χ0) is 18.4. The average Bonchev–Trinajstić information content (AvgIpc) is 3.06. The lowest BCUT2D eigenvalue weighted by molar-refractivity contribution is -0.111. The Balaban J connectivity index is 1.64. The van der Waals surface area contributed by atoms with E-state index in [1.54, 1.807) is 29.5 Å². The van der Waals surface area contributed by atoms with Crippen LogP contribution >= 0.6 is 22.9 Å². The number of nitrogens with one attached hydrogen (secondary N) is 1. The Kier molecular flexibility index (Phi) is 5.99. The number of thiazole rings is 1. The number of carbonyl (C=O) groups excluding carboxylic acids is 1. The quantitative estimate of drug-likeness (QED) is 0.623. The van der Waals surface area contributed by atoms with E-state index in [9.17, 15) is 4.79 Å². The van der Waals surface area contributed by atoms with Crippen LogP contribution in [-0.2, 0) is 11.4 Å².